The van der Waals surface area contributed by atoms with Crippen LogP contribution < -0.4 is 4.74 Å². The highest BCUT2D eigenvalue weighted by Gasteiger charge is 2.37. The van der Waals surface area contributed by atoms with Gasteiger partial charge in [0, 0.05) is 48.3 Å². The van der Waals surface area contributed by atoms with Crippen molar-refractivity contribution in [2.45, 2.75) is 76.2 Å². The van der Waals surface area contributed by atoms with Gasteiger partial charge in [0.15, 0.2) is 23.2 Å². The maximum atomic E-state index is 16.6. The molecule has 4 aromatic carbocycles. The standard InChI is InChI=1S/C46H49F2N5O7S2/c1-29-13-16-34(17-14-29)62(57,58)53-23-19-35-36-20-24-61(55,56)52(7)45(3,4)21-10-22-46(5,32-12-9-11-31(26-32)25-30(2)43(54)59-8)44-49-42(51(6)50-44)37-27-33(15-18-38(37)47)60-41(36)39(48)28-40(35)53/h9,11-20,23-24,26-28,30H,10,21-22,25H2,1-8H3/b24-20+/t30-,46?/m0/s1. The SMILES string of the molecule is COC(=O)[C@@H](C)Cc1cccc(C2(C)CCCC(C)(C)N(C)S(=O)(=O)/C=C/c3c(c(F)cc4c3ccn4S(=O)(=O)c3ccc(C)cc3)Oc3ccc(F)c(c3)-c3nc2nn3C)c1. The number of hydrogen-bond acceptors (Lipinski definition) is 9. The Morgan fingerprint density at radius 3 is 2.40 bits per heavy atom. The van der Waals surface area contributed by atoms with E-state index in [0.717, 1.165) is 38.2 Å². The molecule has 4 bridgehead atoms. The topological polar surface area (TPSA) is 143 Å². The number of rotatable bonds is 6. The summed E-state index contributed by atoms with van der Waals surface area (Å²) in [6, 6.07) is 20.2. The molecule has 0 saturated heterocycles. The van der Waals surface area contributed by atoms with Gasteiger partial charge in [-0.05, 0) is 101 Å². The van der Waals surface area contributed by atoms with Crippen molar-refractivity contribution in [1.29, 1.82) is 0 Å². The van der Waals surface area contributed by atoms with E-state index in [1.54, 1.807) is 40.0 Å². The number of ether oxygens (including phenoxy) is 2. The Bertz CT molecular complexity index is 2960. The smallest absolute Gasteiger partial charge is 0.308 e. The monoisotopic (exact) mass is 885 g/mol. The van der Waals surface area contributed by atoms with Gasteiger partial charge in [0.05, 0.1) is 34.4 Å². The molecule has 12 nitrogen and oxygen atoms in total. The molecule has 1 unspecified atom stereocenters. The Labute approximate surface area is 360 Å². The van der Waals surface area contributed by atoms with Crippen LogP contribution in [-0.4, -0.2) is 65.5 Å². The van der Waals surface area contributed by atoms with E-state index in [4.69, 9.17) is 19.6 Å². The van der Waals surface area contributed by atoms with Crippen LogP contribution in [0.3, 0.4) is 0 Å². The average molecular weight is 886 g/mol. The Morgan fingerprint density at radius 2 is 1.69 bits per heavy atom. The summed E-state index contributed by atoms with van der Waals surface area (Å²) in [4.78, 5) is 17.2. The van der Waals surface area contributed by atoms with Crippen molar-refractivity contribution < 1.29 is 39.9 Å². The van der Waals surface area contributed by atoms with Crippen LogP contribution in [0.5, 0.6) is 11.5 Å². The molecule has 2 aromatic heterocycles. The highest BCUT2D eigenvalue weighted by Crippen LogP contribution is 2.41. The number of esters is 1. The quantitative estimate of drug-likeness (QED) is 0.150. The molecule has 2 atom stereocenters. The van der Waals surface area contributed by atoms with Crippen molar-refractivity contribution >= 4 is 43.0 Å². The summed E-state index contributed by atoms with van der Waals surface area (Å²) < 4.78 is 103. The summed E-state index contributed by atoms with van der Waals surface area (Å²) in [6.45, 7) is 9.21. The van der Waals surface area contributed by atoms with E-state index in [9.17, 15) is 21.6 Å². The van der Waals surface area contributed by atoms with E-state index in [0.29, 0.717) is 31.5 Å². The normalized spacial score (nSPS) is 19.1. The minimum absolute atomic E-state index is 0.00660. The van der Waals surface area contributed by atoms with Gasteiger partial charge in [-0.1, -0.05) is 55.3 Å². The largest absolute Gasteiger partial charge is 0.469 e. The average Bonchev–Trinajstić information content (AvgIpc) is 3.84. The molecule has 1 aliphatic rings. The summed E-state index contributed by atoms with van der Waals surface area (Å²) in [5.74, 6) is -2.25. The van der Waals surface area contributed by atoms with Gasteiger partial charge in [-0.3, -0.25) is 4.79 Å². The van der Waals surface area contributed by atoms with E-state index in [-0.39, 0.29) is 44.5 Å². The highest BCUT2D eigenvalue weighted by molar-refractivity contribution is 7.92. The number of methoxy groups -OCH3 is 1. The Hall–Kier alpha value is -5.71. The molecule has 0 aliphatic carbocycles. The van der Waals surface area contributed by atoms with Crippen molar-refractivity contribution in [3.8, 4) is 22.9 Å². The van der Waals surface area contributed by atoms with E-state index in [1.807, 2.05) is 38.1 Å². The van der Waals surface area contributed by atoms with Crippen molar-refractivity contribution in [3.63, 3.8) is 0 Å². The fraction of sp³-hybridized carbons (Fsp3) is 0.326. The number of carbonyl (C=O) groups excluding carboxylic acids is 1. The third-order valence-corrected chi connectivity index (χ3v) is 15.4. The lowest BCUT2D eigenvalue weighted by Gasteiger charge is -2.35. The molecule has 326 valence electrons. The second-order valence-electron chi connectivity index (χ2n) is 16.7. The number of aromatic nitrogens is 4. The molecule has 0 amide bonds. The summed E-state index contributed by atoms with van der Waals surface area (Å²) in [5, 5.41) is 5.96. The van der Waals surface area contributed by atoms with Crippen LogP contribution in [0.2, 0.25) is 0 Å². The summed E-state index contributed by atoms with van der Waals surface area (Å²) in [5.41, 5.74) is 0.657. The minimum Gasteiger partial charge on any atom is -0.469 e. The molecular formula is C46H49F2N5O7S2. The Morgan fingerprint density at radius 1 is 0.968 bits per heavy atom. The highest BCUT2D eigenvalue weighted by atomic mass is 32.2. The van der Waals surface area contributed by atoms with Crippen LogP contribution >= 0.6 is 0 Å². The molecule has 0 N–H and O–H groups in total. The first-order chi connectivity index (χ1) is 29.2. The molecule has 7 rings (SSSR count). The lowest BCUT2D eigenvalue weighted by molar-refractivity contribution is -0.144. The summed E-state index contributed by atoms with van der Waals surface area (Å²) in [7, 11) is -3.96. The second kappa shape index (κ2) is 16.5. The number of sulfonamides is 1. The molecule has 3 heterocycles. The van der Waals surface area contributed by atoms with E-state index in [2.05, 4.69) is 0 Å². The molecular weight excluding hydrogens is 837 g/mol. The van der Waals surface area contributed by atoms with Gasteiger partial charge in [-0.25, -0.2) is 39.3 Å². The zero-order valence-electron chi connectivity index (χ0n) is 35.8. The van der Waals surface area contributed by atoms with Crippen molar-refractivity contribution in [2.24, 2.45) is 13.0 Å². The molecule has 0 spiro atoms. The molecule has 0 fully saturated rings. The molecule has 6 aromatic rings. The maximum absolute atomic E-state index is 16.6. The third-order valence-electron chi connectivity index (χ3n) is 12.0. The van der Waals surface area contributed by atoms with Crippen LogP contribution in [0.1, 0.15) is 75.0 Å². The van der Waals surface area contributed by atoms with Crippen LogP contribution in [-0.2, 0) is 48.5 Å². The summed E-state index contributed by atoms with van der Waals surface area (Å²) in [6.07, 6.45) is 4.24. The molecule has 62 heavy (non-hydrogen) atoms. The van der Waals surface area contributed by atoms with Gasteiger partial charge in [-0.15, -0.1) is 0 Å². The number of halogens is 2. The number of fused-ring (bicyclic) bond motifs is 8. The van der Waals surface area contributed by atoms with Gasteiger partial charge in [0.25, 0.3) is 10.0 Å². The summed E-state index contributed by atoms with van der Waals surface area (Å²) >= 11 is 0. The van der Waals surface area contributed by atoms with Gasteiger partial charge in [0.2, 0.25) is 10.0 Å². The van der Waals surface area contributed by atoms with Crippen molar-refractivity contribution in [1.82, 2.24) is 23.0 Å². The first-order valence-electron chi connectivity index (χ1n) is 20.1. The molecule has 0 saturated carbocycles. The van der Waals surface area contributed by atoms with Gasteiger partial charge < -0.3 is 9.47 Å². The lowest BCUT2D eigenvalue weighted by Crippen LogP contribution is -2.44. The first-order valence-corrected chi connectivity index (χ1v) is 23.0. The van der Waals surface area contributed by atoms with E-state index < -0.39 is 54.3 Å². The predicted molar refractivity (Wildman–Crippen MR) is 234 cm³/mol. The first kappa shape index (κ1) is 44.3. The predicted octanol–water partition coefficient (Wildman–Crippen LogP) is 8.91. The Kier molecular flexibility index (Phi) is 11.8. The van der Waals surface area contributed by atoms with Gasteiger partial charge in [0.1, 0.15) is 11.6 Å². The number of carbonyl (C=O) groups is 1. The van der Waals surface area contributed by atoms with E-state index in [1.165, 1.54) is 65.7 Å². The zero-order valence-corrected chi connectivity index (χ0v) is 37.4. The van der Waals surface area contributed by atoms with Crippen molar-refractivity contribution in [3.05, 3.63) is 130 Å². The van der Waals surface area contributed by atoms with Gasteiger partial charge in [-0.2, -0.15) is 9.40 Å². The molecule has 16 heteroatoms. The number of hydrogen-bond donors (Lipinski definition) is 0. The van der Waals surface area contributed by atoms with Crippen LogP contribution in [0.25, 0.3) is 28.4 Å². The zero-order chi connectivity index (χ0) is 44.9. The van der Waals surface area contributed by atoms with Crippen LogP contribution in [0.15, 0.2) is 95.4 Å². The lowest BCUT2D eigenvalue weighted by atomic mass is 9.75. The minimum atomic E-state index is -4.22. The number of aryl methyl sites for hydroxylation is 2. The molecule has 1 aliphatic heterocycles. The Balaban J connectivity index is 1.40. The number of benzene rings is 4. The molecule has 0 radical (unpaired) electrons. The van der Waals surface area contributed by atoms with Gasteiger partial charge >= 0.3 is 5.97 Å². The maximum Gasteiger partial charge on any atom is 0.308 e. The van der Waals surface area contributed by atoms with Crippen LogP contribution in [0.4, 0.5) is 8.78 Å². The fourth-order valence-electron chi connectivity index (χ4n) is 7.93. The second-order valence-corrected chi connectivity index (χ2v) is 20.4. The third kappa shape index (κ3) is 8.30. The number of nitrogens with zero attached hydrogens (tertiary/aromatic N) is 5. The van der Waals surface area contributed by atoms with E-state index >= 15 is 8.78 Å². The van der Waals surface area contributed by atoms with Crippen LogP contribution in [0, 0.1) is 24.5 Å². The fourth-order valence-corrected chi connectivity index (χ4v) is 10.5. The van der Waals surface area contributed by atoms with Crippen molar-refractivity contribution in [2.75, 3.05) is 14.2 Å².